The van der Waals surface area contributed by atoms with Crippen molar-refractivity contribution < 1.29 is 4.74 Å². The van der Waals surface area contributed by atoms with Gasteiger partial charge in [-0.3, -0.25) is 5.41 Å². The quantitative estimate of drug-likeness (QED) is 0.611. The third-order valence-electron chi connectivity index (χ3n) is 3.00. The predicted octanol–water partition coefficient (Wildman–Crippen LogP) is 1.29. The molecule has 18 heavy (non-hydrogen) atoms. The van der Waals surface area contributed by atoms with Crippen LogP contribution in [0.1, 0.15) is 25.1 Å². The lowest BCUT2D eigenvalue weighted by Crippen LogP contribution is -2.48. The van der Waals surface area contributed by atoms with Gasteiger partial charge in [0.2, 0.25) is 0 Å². The Morgan fingerprint density at radius 3 is 2.83 bits per heavy atom. The molecule has 1 aromatic heterocycles. The molecular formula is C13H20N4O. The standard InChI is InChI=1S/C13H20N4O/c1-9-6-10(12(14)15)7-11(16-9)17-4-5-18-13(2,3)8-17/h6-7H,4-5,8H2,1-3H3,(H3,14,15). The monoisotopic (exact) mass is 248 g/mol. The lowest BCUT2D eigenvalue weighted by molar-refractivity contribution is -0.0279. The molecule has 0 aromatic carbocycles. The van der Waals surface area contributed by atoms with Crippen molar-refractivity contribution in [2.75, 3.05) is 24.6 Å². The fourth-order valence-corrected chi connectivity index (χ4v) is 2.18. The molecule has 1 aliphatic heterocycles. The Bertz CT molecular complexity index is 470. The van der Waals surface area contributed by atoms with Gasteiger partial charge in [-0.05, 0) is 32.9 Å². The molecule has 5 nitrogen and oxygen atoms in total. The average Bonchev–Trinajstić information content (AvgIpc) is 2.26. The highest BCUT2D eigenvalue weighted by Gasteiger charge is 2.28. The number of rotatable bonds is 2. The van der Waals surface area contributed by atoms with Gasteiger partial charge in [0, 0.05) is 24.3 Å². The molecule has 5 heteroatoms. The number of nitrogens with zero attached hydrogens (tertiary/aromatic N) is 2. The number of pyridine rings is 1. The fraction of sp³-hybridized carbons (Fsp3) is 0.538. The van der Waals surface area contributed by atoms with E-state index in [1.54, 1.807) is 0 Å². The van der Waals surface area contributed by atoms with Crippen LogP contribution in [0.2, 0.25) is 0 Å². The van der Waals surface area contributed by atoms with Gasteiger partial charge in [-0.15, -0.1) is 0 Å². The molecule has 1 aromatic rings. The van der Waals surface area contributed by atoms with Crippen LogP contribution >= 0.6 is 0 Å². The number of anilines is 1. The van der Waals surface area contributed by atoms with Crippen LogP contribution < -0.4 is 10.6 Å². The molecule has 1 fully saturated rings. The summed E-state index contributed by atoms with van der Waals surface area (Å²) in [6, 6.07) is 3.70. The maximum Gasteiger partial charge on any atom is 0.129 e. The van der Waals surface area contributed by atoms with Crippen LogP contribution in [0.15, 0.2) is 12.1 Å². The van der Waals surface area contributed by atoms with Gasteiger partial charge >= 0.3 is 0 Å². The number of hydrogen-bond acceptors (Lipinski definition) is 4. The second-order valence-electron chi connectivity index (χ2n) is 5.30. The lowest BCUT2D eigenvalue weighted by atomic mass is 10.1. The maximum absolute atomic E-state index is 7.53. The second-order valence-corrected chi connectivity index (χ2v) is 5.30. The largest absolute Gasteiger partial charge is 0.384 e. The van der Waals surface area contributed by atoms with Crippen LogP contribution in [-0.4, -0.2) is 36.1 Å². The van der Waals surface area contributed by atoms with E-state index in [-0.39, 0.29) is 11.4 Å². The van der Waals surface area contributed by atoms with Crippen molar-refractivity contribution in [1.82, 2.24) is 4.98 Å². The van der Waals surface area contributed by atoms with Crippen molar-refractivity contribution >= 4 is 11.7 Å². The summed E-state index contributed by atoms with van der Waals surface area (Å²) in [6.07, 6.45) is 0. The maximum atomic E-state index is 7.53. The number of hydrogen-bond donors (Lipinski definition) is 2. The Balaban J connectivity index is 2.30. The number of morpholine rings is 1. The molecule has 3 N–H and O–H groups in total. The van der Waals surface area contributed by atoms with Gasteiger partial charge in [0.15, 0.2) is 0 Å². The predicted molar refractivity (Wildman–Crippen MR) is 72.2 cm³/mol. The summed E-state index contributed by atoms with van der Waals surface area (Å²) < 4.78 is 5.69. The molecule has 0 saturated carbocycles. The zero-order valence-electron chi connectivity index (χ0n) is 11.2. The molecule has 0 bridgehead atoms. The first kappa shape index (κ1) is 12.8. The highest BCUT2D eigenvalue weighted by atomic mass is 16.5. The van der Waals surface area contributed by atoms with Crippen LogP contribution in [0.25, 0.3) is 0 Å². The molecular weight excluding hydrogens is 228 g/mol. The van der Waals surface area contributed by atoms with Gasteiger partial charge < -0.3 is 15.4 Å². The van der Waals surface area contributed by atoms with Gasteiger partial charge in [-0.2, -0.15) is 0 Å². The Kier molecular flexibility index (Phi) is 3.26. The van der Waals surface area contributed by atoms with E-state index < -0.39 is 0 Å². The summed E-state index contributed by atoms with van der Waals surface area (Å²) in [4.78, 5) is 6.71. The van der Waals surface area contributed by atoms with E-state index in [1.165, 1.54) is 0 Å². The summed E-state index contributed by atoms with van der Waals surface area (Å²) in [5, 5.41) is 7.53. The van der Waals surface area contributed by atoms with E-state index in [4.69, 9.17) is 15.9 Å². The van der Waals surface area contributed by atoms with E-state index >= 15 is 0 Å². The molecule has 0 aliphatic carbocycles. The van der Waals surface area contributed by atoms with Crippen molar-refractivity contribution in [2.45, 2.75) is 26.4 Å². The molecule has 1 aliphatic rings. The average molecular weight is 248 g/mol. The summed E-state index contributed by atoms with van der Waals surface area (Å²) >= 11 is 0. The van der Waals surface area contributed by atoms with Crippen LogP contribution in [0.4, 0.5) is 5.82 Å². The van der Waals surface area contributed by atoms with Crippen molar-refractivity contribution in [3.63, 3.8) is 0 Å². The summed E-state index contributed by atoms with van der Waals surface area (Å²) in [5.41, 5.74) is 6.98. The number of aryl methyl sites for hydroxylation is 1. The molecule has 1 saturated heterocycles. The van der Waals surface area contributed by atoms with Crippen molar-refractivity contribution in [3.05, 3.63) is 23.4 Å². The number of ether oxygens (including phenoxy) is 1. The fourth-order valence-electron chi connectivity index (χ4n) is 2.18. The normalized spacial score (nSPS) is 18.7. The second kappa shape index (κ2) is 4.57. The highest BCUT2D eigenvalue weighted by Crippen LogP contribution is 2.22. The van der Waals surface area contributed by atoms with Crippen LogP contribution in [0, 0.1) is 12.3 Å². The van der Waals surface area contributed by atoms with E-state index in [2.05, 4.69) is 23.7 Å². The van der Waals surface area contributed by atoms with E-state index in [0.29, 0.717) is 6.61 Å². The summed E-state index contributed by atoms with van der Waals surface area (Å²) in [7, 11) is 0. The Hall–Kier alpha value is -1.62. The smallest absolute Gasteiger partial charge is 0.129 e. The molecule has 0 spiro atoms. The molecule has 98 valence electrons. The van der Waals surface area contributed by atoms with Crippen LogP contribution in [0.3, 0.4) is 0 Å². The molecule has 0 atom stereocenters. The van der Waals surface area contributed by atoms with Crippen molar-refractivity contribution in [2.24, 2.45) is 5.73 Å². The highest BCUT2D eigenvalue weighted by molar-refractivity contribution is 5.95. The Morgan fingerprint density at radius 1 is 1.50 bits per heavy atom. The third kappa shape index (κ3) is 2.79. The van der Waals surface area contributed by atoms with Crippen molar-refractivity contribution in [3.8, 4) is 0 Å². The zero-order valence-corrected chi connectivity index (χ0v) is 11.2. The first-order valence-electron chi connectivity index (χ1n) is 6.09. The summed E-state index contributed by atoms with van der Waals surface area (Å²) in [5.74, 6) is 0.950. The molecule has 2 heterocycles. The van der Waals surface area contributed by atoms with Crippen LogP contribution in [0.5, 0.6) is 0 Å². The Labute approximate surface area is 107 Å². The van der Waals surface area contributed by atoms with Gasteiger partial charge in [-0.25, -0.2) is 4.98 Å². The van der Waals surface area contributed by atoms with E-state index in [0.717, 1.165) is 30.2 Å². The first-order chi connectivity index (χ1) is 8.37. The van der Waals surface area contributed by atoms with E-state index in [1.807, 2.05) is 19.1 Å². The number of nitrogen functional groups attached to an aromatic ring is 1. The molecule has 0 amide bonds. The van der Waals surface area contributed by atoms with Gasteiger partial charge in [0.25, 0.3) is 0 Å². The SMILES string of the molecule is Cc1cc(C(=N)N)cc(N2CCOC(C)(C)C2)n1. The minimum Gasteiger partial charge on any atom is -0.384 e. The minimum atomic E-state index is -0.167. The van der Waals surface area contributed by atoms with Gasteiger partial charge in [0.05, 0.1) is 12.2 Å². The third-order valence-corrected chi connectivity index (χ3v) is 3.00. The Morgan fingerprint density at radius 2 is 2.22 bits per heavy atom. The number of nitrogens with two attached hydrogens (primary N) is 1. The van der Waals surface area contributed by atoms with Gasteiger partial charge in [-0.1, -0.05) is 0 Å². The van der Waals surface area contributed by atoms with Crippen LogP contribution in [-0.2, 0) is 4.74 Å². The first-order valence-corrected chi connectivity index (χ1v) is 6.09. The minimum absolute atomic E-state index is 0.0780. The topological polar surface area (TPSA) is 75.2 Å². The van der Waals surface area contributed by atoms with Crippen molar-refractivity contribution in [1.29, 1.82) is 5.41 Å². The molecule has 2 rings (SSSR count). The zero-order chi connectivity index (χ0) is 13.3. The number of nitrogens with one attached hydrogen (secondary N) is 1. The summed E-state index contributed by atoms with van der Waals surface area (Å²) in [6.45, 7) is 8.36. The molecule has 0 unspecified atom stereocenters. The van der Waals surface area contributed by atoms with Gasteiger partial charge in [0.1, 0.15) is 11.7 Å². The lowest BCUT2D eigenvalue weighted by Gasteiger charge is -2.39. The molecule has 0 radical (unpaired) electrons. The van der Waals surface area contributed by atoms with E-state index in [9.17, 15) is 0 Å². The number of amidine groups is 1. The number of aromatic nitrogens is 1.